The number of anilines is 1. The number of rotatable bonds is 8. The normalized spacial score (nSPS) is 12.9. The third kappa shape index (κ3) is 6.46. The lowest BCUT2D eigenvalue weighted by atomic mass is 9.96. The zero-order valence-corrected chi connectivity index (χ0v) is 17.1. The molecule has 0 unspecified atom stereocenters. The maximum absolute atomic E-state index is 12.4. The van der Waals surface area contributed by atoms with Crippen LogP contribution in [0.25, 0.3) is 0 Å². The van der Waals surface area contributed by atoms with E-state index in [2.05, 4.69) is 5.32 Å². The smallest absolute Gasteiger partial charge is 0.412 e. The van der Waals surface area contributed by atoms with Gasteiger partial charge in [0.1, 0.15) is 6.10 Å². The number of methoxy groups -OCH3 is 1. The van der Waals surface area contributed by atoms with Crippen LogP contribution in [0.3, 0.4) is 0 Å². The molecule has 2 aromatic rings. The number of thioether (sulfide) groups is 1. The van der Waals surface area contributed by atoms with Gasteiger partial charge in [-0.15, -0.1) is 11.8 Å². The first-order chi connectivity index (χ1) is 13.8. The van der Waals surface area contributed by atoms with E-state index in [1.165, 1.54) is 19.3 Å². The van der Waals surface area contributed by atoms with Crippen molar-refractivity contribution in [2.45, 2.75) is 17.9 Å². The van der Waals surface area contributed by atoms with Gasteiger partial charge in [0.15, 0.2) is 11.5 Å². The average Bonchev–Trinajstić information content (AvgIpc) is 2.70. The van der Waals surface area contributed by atoms with Crippen molar-refractivity contribution in [3.8, 4) is 11.5 Å². The van der Waals surface area contributed by atoms with Crippen LogP contribution in [0.1, 0.15) is 18.6 Å². The second kappa shape index (κ2) is 10.4. The number of nitrogens with one attached hydrogen (secondary N) is 1. The van der Waals surface area contributed by atoms with Crippen LogP contribution in [0.15, 0.2) is 59.5 Å². The molecule has 2 rings (SSSR count). The molecular weight excluding hydrogens is 394 g/mol. The van der Waals surface area contributed by atoms with Crippen LogP contribution in [-0.4, -0.2) is 35.6 Å². The lowest BCUT2D eigenvalue weighted by molar-refractivity contribution is -0.131. The molecule has 3 N–H and O–H groups in total. The molecule has 0 spiro atoms. The van der Waals surface area contributed by atoms with E-state index in [9.17, 15) is 14.7 Å². The van der Waals surface area contributed by atoms with E-state index in [0.717, 1.165) is 11.0 Å². The molecule has 0 saturated heterocycles. The maximum atomic E-state index is 12.4. The number of hydrogen-bond acceptors (Lipinski definition) is 6. The summed E-state index contributed by atoms with van der Waals surface area (Å²) < 4.78 is 10.6. The van der Waals surface area contributed by atoms with E-state index in [0.29, 0.717) is 11.3 Å². The molecule has 8 heteroatoms. The topological polar surface area (TPSA) is 105 Å². The molecule has 0 radical (unpaired) electrons. The maximum Gasteiger partial charge on any atom is 0.412 e. The molecule has 2 aromatic carbocycles. The summed E-state index contributed by atoms with van der Waals surface area (Å²) in [6.07, 6.45) is 2.85. The van der Waals surface area contributed by atoms with Gasteiger partial charge in [-0.1, -0.05) is 19.1 Å². The van der Waals surface area contributed by atoms with Crippen molar-refractivity contribution in [1.82, 2.24) is 0 Å². The molecule has 1 amide bonds. The van der Waals surface area contributed by atoms with E-state index in [-0.39, 0.29) is 11.5 Å². The molecule has 29 heavy (non-hydrogen) atoms. The summed E-state index contributed by atoms with van der Waals surface area (Å²) in [5.41, 5.74) is 1.07. The van der Waals surface area contributed by atoms with Gasteiger partial charge >= 0.3 is 12.1 Å². The van der Waals surface area contributed by atoms with Crippen molar-refractivity contribution in [3.63, 3.8) is 0 Å². The zero-order valence-electron chi connectivity index (χ0n) is 16.3. The fourth-order valence-electron chi connectivity index (χ4n) is 2.63. The highest BCUT2D eigenvalue weighted by Gasteiger charge is 2.23. The number of amides is 1. The van der Waals surface area contributed by atoms with Gasteiger partial charge in [0.2, 0.25) is 0 Å². The van der Waals surface area contributed by atoms with Crippen molar-refractivity contribution >= 4 is 29.5 Å². The van der Waals surface area contributed by atoms with E-state index < -0.39 is 24.1 Å². The van der Waals surface area contributed by atoms with Crippen molar-refractivity contribution in [2.75, 3.05) is 18.7 Å². The molecule has 0 fully saturated rings. The number of benzene rings is 2. The third-order valence-electron chi connectivity index (χ3n) is 4.12. The van der Waals surface area contributed by atoms with Crippen LogP contribution < -0.4 is 10.1 Å². The Labute approximate surface area is 173 Å². The fourth-order valence-corrected chi connectivity index (χ4v) is 3.04. The number of phenolic OH excluding ortho intramolecular Hbond substituents is 1. The Balaban J connectivity index is 2.22. The van der Waals surface area contributed by atoms with Crippen LogP contribution in [0.4, 0.5) is 10.5 Å². The molecule has 154 valence electrons. The van der Waals surface area contributed by atoms with Crippen molar-refractivity contribution in [1.29, 1.82) is 0 Å². The van der Waals surface area contributed by atoms with E-state index in [1.54, 1.807) is 43.0 Å². The summed E-state index contributed by atoms with van der Waals surface area (Å²) in [7, 11) is 1.43. The highest BCUT2D eigenvalue weighted by atomic mass is 32.2. The quantitative estimate of drug-likeness (QED) is 0.423. The highest BCUT2D eigenvalue weighted by molar-refractivity contribution is 7.98. The van der Waals surface area contributed by atoms with Gasteiger partial charge in [0, 0.05) is 22.6 Å². The minimum Gasteiger partial charge on any atom is -0.504 e. The van der Waals surface area contributed by atoms with Gasteiger partial charge in [0.05, 0.1) is 7.11 Å². The first kappa shape index (κ1) is 22.2. The Morgan fingerprint density at radius 2 is 1.86 bits per heavy atom. The lowest BCUT2D eigenvalue weighted by Crippen LogP contribution is -2.21. The van der Waals surface area contributed by atoms with Crippen LogP contribution in [0, 0.1) is 5.92 Å². The second-order valence-electron chi connectivity index (χ2n) is 6.17. The van der Waals surface area contributed by atoms with Crippen LogP contribution >= 0.6 is 11.8 Å². The van der Waals surface area contributed by atoms with Crippen LogP contribution in [0.2, 0.25) is 0 Å². The number of ether oxygens (including phenoxy) is 2. The summed E-state index contributed by atoms with van der Waals surface area (Å²) in [5.74, 6) is -1.41. The Morgan fingerprint density at radius 3 is 2.41 bits per heavy atom. The largest absolute Gasteiger partial charge is 0.504 e. The summed E-state index contributed by atoms with van der Waals surface area (Å²) >= 11 is 1.59. The highest BCUT2D eigenvalue weighted by Crippen LogP contribution is 2.34. The molecule has 0 saturated carbocycles. The molecule has 0 bridgehead atoms. The van der Waals surface area contributed by atoms with Crippen molar-refractivity contribution in [3.05, 3.63) is 60.2 Å². The van der Waals surface area contributed by atoms with E-state index in [4.69, 9.17) is 14.6 Å². The van der Waals surface area contributed by atoms with Gasteiger partial charge in [0.25, 0.3) is 0 Å². The monoisotopic (exact) mass is 417 g/mol. The molecule has 0 heterocycles. The predicted molar refractivity (Wildman–Crippen MR) is 112 cm³/mol. The Hall–Kier alpha value is -3.13. The minimum atomic E-state index is -1.11. The first-order valence-electron chi connectivity index (χ1n) is 8.73. The summed E-state index contributed by atoms with van der Waals surface area (Å²) in [5, 5.41) is 21.6. The summed E-state index contributed by atoms with van der Waals surface area (Å²) in [6.45, 7) is 1.71. The van der Waals surface area contributed by atoms with Crippen molar-refractivity contribution < 1.29 is 29.3 Å². The molecule has 0 aliphatic heterocycles. The standard InChI is InChI=1S/C21H23NO6S/c1-13(4-11-19(24)25)20(14-5-10-18(27-2)17(23)12-14)28-21(26)22-15-6-8-16(29-3)9-7-15/h4-13,20,23H,1-3H3,(H,22,26)(H,24,25)/b11-4+/t13-,20-/m1/s1. The number of carboxylic acid groups (broad SMARTS) is 1. The number of aliphatic carboxylic acids is 1. The lowest BCUT2D eigenvalue weighted by Gasteiger charge is -2.23. The fraction of sp³-hybridized carbons (Fsp3) is 0.238. The zero-order chi connectivity index (χ0) is 21.4. The summed E-state index contributed by atoms with van der Waals surface area (Å²) in [6, 6.07) is 11.9. The average molecular weight is 417 g/mol. The molecule has 0 aromatic heterocycles. The molecule has 7 nitrogen and oxygen atoms in total. The van der Waals surface area contributed by atoms with Gasteiger partial charge in [-0.3, -0.25) is 5.32 Å². The van der Waals surface area contributed by atoms with Gasteiger partial charge < -0.3 is 19.7 Å². The Bertz CT molecular complexity index is 881. The number of carbonyl (C=O) groups is 2. The number of aromatic hydroxyl groups is 1. The molecule has 0 aliphatic carbocycles. The number of carboxylic acids is 1. The number of phenols is 1. The first-order valence-corrected chi connectivity index (χ1v) is 9.96. The molecular formula is C21H23NO6S. The second-order valence-corrected chi connectivity index (χ2v) is 7.05. The van der Waals surface area contributed by atoms with Gasteiger partial charge in [-0.05, 0) is 48.2 Å². The van der Waals surface area contributed by atoms with Crippen molar-refractivity contribution in [2.24, 2.45) is 5.92 Å². The predicted octanol–water partition coefficient (Wildman–Crippen LogP) is 4.69. The van der Waals surface area contributed by atoms with Gasteiger partial charge in [-0.2, -0.15) is 0 Å². The molecule has 0 aliphatic rings. The Kier molecular flexibility index (Phi) is 7.97. The minimum absolute atomic E-state index is 0.110. The van der Waals surface area contributed by atoms with E-state index in [1.807, 2.05) is 18.4 Å². The third-order valence-corrected chi connectivity index (χ3v) is 4.87. The summed E-state index contributed by atoms with van der Waals surface area (Å²) in [4.78, 5) is 24.3. The number of hydrogen-bond donors (Lipinski definition) is 3. The van der Waals surface area contributed by atoms with E-state index >= 15 is 0 Å². The SMILES string of the molecule is COc1ccc([C@H](OC(=O)Nc2ccc(SC)cc2)[C@H](C)/C=C/C(=O)O)cc1O. The van der Waals surface area contributed by atoms with Crippen LogP contribution in [-0.2, 0) is 9.53 Å². The molecule has 2 atom stereocenters. The van der Waals surface area contributed by atoms with Gasteiger partial charge in [-0.25, -0.2) is 9.59 Å². The van der Waals surface area contributed by atoms with Crippen LogP contribution in [0.5, 0.6) is 11.5 Å². The number of carbonyl (C=O) groups excluding carboxylic acids is 1. The Morgan fingerprint density at radius 1 is 1.17 bits per heavy atom.